The molecule has 0 aliphatic rings. The molecule has 0 spiro atoms. The number of rotatable bonds is 4. The molecule has 90 valence electrons. The van der Waals surface area contributed by atoms with Gasteiger partial charge in [-0.3, -0.25) is 0 Å². The fourth-order valence-electron chi connectivity index (χ4n) is 1.48. The number of hydrogen-bond donors (Lipinski definition) is 0. The molecule has 0 fully saturated rings. The van der Waals surface area contributed by atoms with Crippen LogP contribution in [0.5, 0.6) is 0 Å². The summed E-state index contributed by atoms with van der Waals surface area (Å²) >= 11 is 7.04. The molecular formula is C12H12ClFN2S. The molecule has 0 saturated heterocycles. The lowest BCUT2D eigenvalue weighted by molar-refractivity contribution is 0.630. The molecule has 0 bridgehead atoms. The Labute approximate surface area is 108 Å². The Balaban J connectivity index is 2.24. The van der Waals surface area contributed by atoms with Gasteiger partial charge in [-0.25, -0.2) is 4.39 Å². The van der Waals surface area contributed by atoms with Gasteiger partial charge < -0.3 is 0 Å². The molecule has 1 heterocycles. The summed E-state index contributed by atoms with van der Waals surface area (Å²) in [6.07, 6.45) is 1.67. The number of benzene rings is 1. The summed E-state index contributed by atoms with van der Waals surface area (Å²) in [5.41, 5.74) is 1.42. The Morgan fingerprint density at radius 2 is 2.18 bits per heavy atom. The lowest BCUT2D eigenvalue weighted by Crippen LogP contribution is -1.85. The number of hydrogen-bond acceptors (Lipinski definition) is 3. The first-order valence-electron chi connectivity index (χ1n) is 5.35. The Bertz CT molecular complexity index is 513. The van der Waals surface area contributed by atoms with E-state index in [1.165, 1.54) is 17.4 Å². The van der Waals surface area contributed by atoms with Crippen molar-refractivity contribution in [1.82, 2.24) is 10.2 Å². The van der Waals surface area contributed by atoms with Crippen LogP contribution in [-0.4, -0.2) is 16.1 Å². The molecule has 0 radical (unpaired) electrons. The number of halogens is 2. The fraction of sp³-hybridized carbons (Fsp3) is 0.333. The van der Waals surface area contributed by atoms with Gasteiger partial charge in [0, 0.05) is 17.9 Å². The molecule has 2 aromatic rings. The van der Waals surface area contributed by atoms with Crippen molar-refractivity contribution in [2.24, 2.45) is 0 Å². The number of aryl methyl sites for hydroxylation is 2. The fourth-order valence-corrected chi connectivity index (χ4v) is 2.52. The standard InChI is InChI=1S/C12H12ClFN2S/c1-8-4-5-9(10(14)7-8)12-16-15-11(17-12)3-2-6-13/h4-5,7H,2-3,6H2,1H3. The topological polar surface area (TPSA) is 25.8 Å². The van der Waals surface area contributed by atoms with E-state index in [2.05, 4.69) is 10.2 Å². The van der Waals surface area contributed by atoms with E-state index in [4.69, 9.17) is 11.6 Å². The van der Waals surface area contributed by atoms with Crippen molar-refractivity contribution in [2.45, 2.75) is 19.8 Å². The molecular weight excluding hydrogens is 259 g/mol. The molecule has 17 heavy (non-hydrogen) atoms. The first-order valence-corrected chi connectivity index (χ1v) is 6.70. The molecule has 1 aromatic carbocycles. The molecule has 0 amide bonds. The Morgan fingerprint density at radius 1 is 1.35 bits per heavy atom. The van der Waals surface area contributed by atoms with E-state index in [1.54, 1.807) is 6.07 Å². The Morgan fingerprint density at radius 3 is 2.88 bits per heavy atom. The van der Waals surface area contributed by atoms with Gasteiger partial charge in [-0.1, -0.05) is 17.4 Å². The van der Waals surface area contributed by atoms with E-state index in [-0.39, 0.29) is 5.82 Å². The van der Waals surface area contributed by atoms with Gasteiger partial charge in [-0.2, -0.15) is 0 Å². The van der Waals surface area contributed by atoms with Gasteiger partial charge in [0.05, 0.1) is 0 Å². The van der Waals surface area contributed by atoms with Crippen LogP contribution in [0.15, 0.2) is 18.2 Å². The van der Waals surface area contributed by atoms with E-state index in [1.807, 2.05) is 13.0 Å². The van der Waals surface area contributed by atoms with E-state index < -0.39 is 0 Å². The predicted molar refractivity (Wildman–Crippen MR) is 69.1 cm³/mol. The van der Waals surface area contributed by atoms with Gasteiger partial charge >= 0.3 is 0 Å². The van der Waals surface area contributed by atoms with Crippen molar-refractivity contribution in [2.75, 3.05) is 5.88 Å². The number of aromatic nitrogens is 2. The van der Waals surface area contributed by atoms with E-state index in [0.29, 0.717) is 16.5 Å². The summed E-state index contributed by atoms with van der Waals surface area (Å²) < 4.78 is 13.7. The minimum Gasteiger partial charge on any atom is -0.206 e. The highest BCUT2D eigenvalue weighted by Gasteiger charge is 2.10. The SMILES string of the molecule is Cc1ccc(-c2nnc(CCCCl)s2)c(F)c1. The molecule has 2 rings (SSSR count). The third-order valence-electron chi connectivity index (χ3n) is 2.35. The Hall–Kier alpha value is -1.00. The third kappa shape index (κ3) is 3.01. The number of alkyl halides is 1. The van der Waals surface area contributed by atoms with Gasteiger partial charge in [-0.15, -0.1) is 21.8 Å². The van der Waals surface area contributed by atoms with E-state index in [9.17, 15) is 4.39 Å². The van der Waals surface area contributed by atoms with Crippen molar-refractivity contribution in [3.05, 3.63) is 34.6 Å². The second kappa shape index (κ2) is 5.56. The van der Waals surface area contributed by atoms with Crippen LogP contribution in [0.1, 0.15) is 17.0 Å². The normalized spacial score (nSPS) is 10.8. The minimum atomic E-state index is -0.245. The average molecular weight is 271 g/mol. The summed E-state index contributed by atoms with van der Waals surface area (Å²) in [5.74, 6) is 0.360. The molecule has 1 aromatic heterocycles. The first kappa shape index (κ1) is 12.5. The monoisotopic (exact) mass is 270 g/mol. The maximum Gasteiger partial charge on any atom is 0.150 e. The maximum absolute atomic E-state index is 13.7. The molecule has 0 aliphatic carbocycles. The predicted octanol–water partition coefficient (Wildman–Crippen LogP) is 3.82. The molecule has 2 nitrogen and oxygen atoms in total. The lowest BCUT2D eigenvalue weighted by atomic mass is 10.1. The van der Waals surface area contributed by atoms with Crippen molar-refractivity contribution < 1.29 is 4.39 Å². The average Bonchev–Trinajstić information content (AvgIpc) is 2.75. The molecule has 0 unspecified atom stereocenters. The summed E-state index contributed by atoms with van der Waals surface area (Å²) in [4.78, 5) is 0. The zero-order valence-corrected chi connectivity index (χ0v) is 11.0. The largest absolute Gasteiger partial charge is 0.206 e. The van der Waals surface area contributed by atoms with Crippen LogP contribution >= 0.6 is 22.9 Å². The van der Waals surface area contributed by atoms with E-state index >= 15 is 0 Å². The quantitative estimate of drug-likeness (QED) is 0.789. The second-order valence-corrected chi connectivity index (χ2v) is 5.22. The van der Waals surface area contributed by atoms with Crippen LogP contribution in [0.3, 0.4) is 0 Å². The van der Waals surface area contributed by atoms with Crippen molar-refractivity contribution in [1.29, 1.82) is 0 Å². The maximum atomic E-state index is 13.7. The summed E-state index contributed by atoms with van der Waals surface area (Å²) in [7, 11) is 0. The van der Waals surface area contributed by atoms with Crippen LogP contribution in [0.4, 0.5) is 4.39 Å². The van der Waals surface area contributed by atoms with Gasteiger partial charge in [-0.05, 0) is 31.0 Å². The van der Waals surface area contributed by atoms with Gasteiger partial charge in [0.15, 0.2) is 5.01 Å². The summed E-state index contributed by atoms with van der Waals surface area (Å²) in [6.45, 7) is 1.86. The zero-order chi connectivity index (χ0) is 12.3. The second-order valence-electron chi connectivity index (χ2n) is 3.78. The van der Waals surface area contributed by atoms with Gasteiger partial charge in [0.25, 0.3) is 0 Å². The molecule has 5 heteroatoms. The highest BCUT2D eigenvalue weighted by Crippen LogP contribution is 2.27. The van der Waals surface area contributed by atoms with Gasteiger partial charge in [0.1, 0.15) is 10.8 Å². The Kier molecular flexibility index (Phi) is 4.07. The van der Waals surface area contributed by atoms with Crippen LogP contribution < -0.4 is 0 Å². The number of nitrogens with zero attached hydrogens (tertiary/aromatic N) is 2. The third-order valence-corrected chi connectivity index (χ3v) is 3.63. The van der Waals surface area contributed by atoms with Crippen LogP contribution in [-0.2, 0) is 6.42 Å². The smallest absolute Gasteiger partial charge is 0.150 e. The highest BCUT2D eigenvalue weighted by molar-refractivity contribution is 7.14. The van der Waals surface area contributed by atoms with E-state index in [0.717, 1.165) is 23.4 Å². The lowest BCUT2D eigenvalue weighted by Gasteiger charge is -1.98. The molecule has 0 aliphatic heterocycles. The van der Waals surface area contributed by atoms with Crippen molar-refractivity contribution >= 4 is 22.9 Å². The van der Waals surface area contributed by atoms with Gasteiger partial charge in [0.2, 0.25) is 0 Å². The van der Waals surface area contributed by atoms with Crippen LogP contribution in [0.2, 0.25) is 0 Å². The molecule has 0 N–H and O–H groups in total. The first-order chi connectivity index (χ1) is 8.20. The molecule has 0 saturated carbocycles. The van der Waals surface area contributed by atoms with Crippen molar-refractivity contribution in [3.63, 3.8) is 0 Å². The summed E-state index contributed by atoms with van der Waals surface area (Å²) in [5, 5.41) is 9.59. The van der Waals surface area contributed by atoms with Crippen molar-refractivity contribution in [3.8, 4) is 10.6 Å². The van der Waals surface area contributed by atoms with Crippen LogP contribution in [0.25, 0.3) is 10.6 Å². The summed E-state index contributed by atoms with van der Waals surface area (Å²) in [6, 6.07) is 5.13. The minimum absolute atomic E-state index is 0.245. The zero-order valence-electron chi connectivity index (χ0n) is 9.41. The van der Waals surface area contributed by atoms with Crippen LogP contribution in [0, 0.1) is 12.7 Å². The molecule has 0 atom stereocenters. The highest BCUT2D eigenvalue weighted by atomic mass is 35.5.